The number of ether oxygens (including phenoxy) is 2. The third kappa shape index (κ3) is 5.49. The van der Waals surface area contributed by atoms with Crippen molar-refractivity contribution in [1.82, 2.24) is 0 Å². The molecule has 104 valence electrons. The summed E-state index contributed by atoms with van der Waals surface area (Å²) in [6.07, 6.45) is 12.6. The summed E-state index contributed by atoms with van der Waals surface area (Å²) in [5.74, 6) is 0.260. The van der Waals surface area contributed by atoms with Crippen molar-refractivity contribution in [1.29, 1.82) is 0 Å². The van der Waals surface area contributed by atoms with Crippen LogP contribution in [0, 0.1) is 0 Å². The van der Waals surface area contributed by atoms with Gasteiger partial charge in [0.25, 0.3) is 0 Å². The van der Waals surface area contributed by atoms with Gasteiger partial charge in [-0.1, -0.05) is 38.5 Å². The van der Waals surface area contributed by atoms with Crippen molar-refractivity contribution in [3.05, 3.63) is 0 Å². The summed E-state index contributed by atoms with van der Waals surface area (Å²) in [5, 5.41) is 0. The van der Waals surface area contributed by atoms with Crippen LogP contribution in [-0.2, 0) is 14.3 Å². The SMILES string of the molecule is O=C1CCCCCCCCC[C@H]2O[C@H]2CCOC1. The minimum absolute atomic E-state index is 0.260. The van der Waals surface area contributed by atoms with Crippen molar-refractivity contribution in [3.8, 4) is 0 Å². The predicted molar refractivity (Wildman–Crippen MR) is 70.7 cm³/mol. The topological polar surface area (TPSA) is 38.8 Å². The fourth-order valence-corrected chi connectivity index (χ4v) is 2.70. The summed E-state index contributed by atoms with van der Waals surface area (Å²) in [4.78, 5) is 11.5. The van der Waals surface area contributed by atoms with Gasteiger partial charge in [-0.3, -0.25) is 4.79 Å². The van der Waals surface area contributed by atoms with Crippen molar-refractivity contribution in [2.45, 2.75) is 76.4 Å². The highest BCUT2D eigenvalue weighted by Gasteiger charge is 2.37. The predicted octanol–water partition coefficient (Wildman–Crippen LogP) is 3.25. The molecular formula is C15H26O3. The molecule has 0 unspecified atom stereocenters. The molecule has 0 N–H and O–H groups in total. The quantitative estimate of drug-likeness (QED) is 0.623. The maximum Gasteiger partial charge on any atom is 0.158 e. The minimum atomic E-state index is 0.260. The maximum atomic E-state index is 11.5. The van der Waals surface area contributed by atoms with E-state index >= 15 is 0 Å². The van der Waals surface area contributed by atoms with Gasteiger partial charge >= 0.3 is 0 Å². The highest BCUT2D eigenvalue weighted by Crippen LogP contribution is 2.30. The molecule has 0 aromatic heterocycles. The van der Waals surface area contributed by atoms with Crippen LogP contribution in [0.5, 0.6) is 0 Å². The Balaban J connectivity index is 1.64. The molecule has 0 aliphatic carbocycles. The average Bonchev–Trinajstić information content (AvgIpc) is 3.10. The van der Waals surface area contributed by atoms with E-state index in [4.69, 9.17) is 9.47 Å². The molecule has 2 heterocycles. The van der Waals surface area contributed by atoms with Crippen LogP contribution in [0.1, 0.15) is 64.2 Å². The van der Waals surface area contributed by atoms with E-state index in [9.17, 15) is 4.79 Å². The van der Waals surface area contributed by atoms with Crippen LogP contribution in [0.4, 0.5) is 0 Å². The minimum Gasteiger partial charge on any atom is -0.374 e. The van der Waals surface area contributed by atoms with Crippen molar-refractivity contribution in [3.63, 3.8) is 0 Å². The van der Waals surface area contributed by atoms with Gasteiger partial charge in [-0.05, 0) is 19.3 Å². The van der Waals surface area contributed by atoms with Gasteiger partial charge in [0.15, 0.2) is 5.78 Å². The summed E-state index contributed by atoms with van der Waals surface area (Å²) >= 11 is 0. The number of carbonyl (C=O) groups is 1. The number of carbonyl (C=O) groups excluding carboxylic acids is 1. The maximum absolute atomic E-state index is 11.5. The number of fused-ring (bicyclic) bond motifs is 1. The molecule has 0 amide bonds. The zero-order valence-electron chi connectivity index (χ0n) is 11.4. The van der Waals surface area contributed by atoms with Gasteiger partial charge in [0.2, 0.25) is 0 Å². The summed E-state index contributed by atoms with van der Waals surface area (Å²) < 4.78 is 11.0. The third-order valence-electron chi connectivity index (χ3n) is 3.94. The van der Waals surface area contributed by atoms with Crippen LogP contribution in [0.15, 0.2) is 0 Å². The molecule has 0 radical (unpaired) electrons. The molecule has 2 atom stereocenters. The van der Waals surface area contributed by atoms with E-state index in [2.05, 4.69) is 0 Å². The number of epoxide rings is 1. The highest BCUT2D eigenvalue weighted by atomic mass is 16.6. The van der Waals surface area contributed by atoms with Gasteiger partial charge in [-0.2, -0.15) is 0 Å². The van der Waals surface area contributed by atoms with Crippen LogP contribution < -0.4 is 0 Å². The highest BCUT2D eigenvalue weighted by molar-refractivity contribution is 5.79. The van der Waals surface area contributed by atoms with Gasteiger partial charge < -0.3 is 9.47 Å². The lowest BCUT2D eigenvalue weighted by Gasteiger charge is -2.04. The Bertz CT molecular complexity index is 252. The van der Waals surface area contributed by atoms with Gasteiger partial charge in [-0.15, -0.1) is 0 Å². The lowest BCUT2D eigenvalue weighted by molar-refractivity contribution is -0.123. The second-order valence-corrected chi connectivity index (χ2v) is 5.61. The van der Waals surface area contributed by atoms with Crippen LogP contribution in [-0.4, -0.2) is 31.2 Å². The number of hydrogen-bond donors (Lipinski definition) is 0. The smallest absolute Gasteiger partial charge is 0.158 e. The zero-order valence-corrected chi connectivity index (χ0v) is 11.4. The Hall–Kier alpha value is -0.410. The van der Waals surface area contributed by atoms with Gasteiger partial charge in [0.1, 0.15) is 6.61 Å². The Labute approximate surface area is 110 Å². The first-order chi connectivity index (χ1) is 8.86. The summed E-state index contributed by atoms with van der Waals surface area (Å²) in [5.41, 5.74) is 0. The molecule has 3 nitrogen and oxygen atoms in total. The average molecular weight is 254 g/mol. The molecule has 0 aromatic rings. The van der Waals surface area contributed by atoms with E-state index in [1.54, 1.807) is 0 Å². The second kappa shape index (κ2) is 7.90. The Morgan fingerprint density at radius 2 is 1.50 bits per heavy atom. The molecule has 0 saturated carbocycles. The van der Waals surface area contributed by atoms with E-state index in [0.717, 1.165) is 12.8 Å². The van der Waals surface area contributed by atoms with E-state index in [0.29, 0.717) is 31.8 Å². The lowest BCUT2D eigenvalue weighted by Crippen LogP contribution is -2.10. The molecule has 0 aromatic carbocycles. The Kier molecular flexibility index (Phi) is 6.15. The summed E-state index contributed by atoms with van der Waals surface area (Å²) in [6, 6.07) is 0. The Morgan fingerprint density at radius 3 is 2.33 bits per heavy atom. The van der Waals surface area contributed by atoms with E-state index in [-0.39, 0.29) is 5.78 Å². The molecule has 3 heteroatoms. The number of ketones is 1. The lowest BCUT2D eigenvalue weighted by atomic mass is 10.0. The molecule has 2 fully saturated rings. The number of Topliss-reactive ketones (excluding diaryl/α,β-unsaturated/α-hetero) is 1. The van der Waals surface area contributed by atoms with Crippen molar-refractivity contribution in [2.24, 2.45) is 0 Å². The molecule has 0 bridgehead atoms. The van der Waals surface area contributed by atoms with E-state index in [1.165, 1.54) is 44.9 Å². The largest absolute Gasteiger partial charge is 0.374 e. The van der Waals surface area contributed by atoms with E-state index in [1.807, 2.05) is 0 Å². The van der Waals surface area contributed by atoms with Crippen molar-refractivity contribution >= 4 is 5.78 Å². The normalized spacial score (nSPS) is 32.8. The molecule has 2 rings (SSSR count). The Morgan fingerprint density at radius 1 is 0.833 bits per heavy atom. The van der Waals surface area contributed by atoms with Crippen LogP contribution in [0.3, 0.4) is 0 Å². The number of hydrogen-bond acceptors (Lipinski definition) is 3. The van der Waals surface area contributed by atoms with Crippen molar-refractivity contribution in [2.75, 3.05) is 13.2 Å². The second-order valence-electron chi connectivity index (χ2n) is 5.61. The molecular weight excluding hydrogens is 228 g/mol. The first kappa shape index (κ1) is 14.0. The fraction of sp³-hybridized carbons (Fsp3) is 0.933. The molecule has 2 saturated heterocycles. The van der Waals surface area contributed by atoms with Gasteiger partial charge in [0.05, 0.1) is 12.2 Å². The third-order valence-corrected chi connectivity index (χ3v) is 3.94. The summed E-state index contributed by atoms with van der Waals surface area (Å²) in [7, 11) is 0. The van der Waals surface area contributed by atoms with Crippen LogP contribution >= 0.6 is 0 Å². The first-order valence-corrected chi connectivity index (χ1v) is 7.61. The molecule has 18 heavy (non-hydrogen) atoms. The van der Waals surface area contributed by atoms with E-state index < -0.39 is 0 Å². The molecule has 0 spiro atoms. The van der Waals surface area contributed by atoms with Gasteiger partial charge in [-0.25, -0.2) is 0 Å². The van der Waals surface area contributed by atoms with Crippen molar-refractivity contribution < 1.29 is 14.3 Å². The fourth-order valence-electron chi connectivity index (χ4n) is 2.70. The molecule has 2 aliphatic heterocycles. The van der Waals surface area contributed by atoms with Crippen LogP contribution in [0.25, 0.3) is 0 Å². The number of rotatable bonds is 0. The molecule has 2 aliphatic rings. The first-order valence-electron chi connectivity index (χ1n) is 7.61. The van der Waals surface area contributed by atoms with Crippen LogP contribution in [0.2, 0.25) is 0 Å². The monoisotopic (exact) mass is 254 g/mol. The zero-order chi connectivity index (χ0) is 12.6. The summed E-state index contributed by atoms with van der Waals surface area (Å²) in [6.45, 7) is 0.976. The standard InChI is InChI=1S/C15H26O3/c16-13-8-6-4-2-1-3-5-7-9-14-15(18-14)10-11-17-12-13/h14-15H,1-12H2/t14-,15+/m1/s1. The van der Waals surface area contributed by atoms with Gasteiger partial charge in [0, 0.05) is 13.0 Å².